The lowest BCUT2D eigenvalue weighted by molar-refractivity contribution is 0.233. The normalized spacial score (nSPS) is 30.8. The summed E-state index contributed by atoms with van der Waals surface area (Å²) in [4.78, 5) is 9.93. The Hall–Kier alpha value is -0.960. The zero-order valence-electron chi connectivity index (χ0n) is 11.3. The lowest BCUT2D eigenvalue weighted by Crippen LogP contribution is -2.37. The number of benzene rings is 1. The van der Waals surface area contributed by atoms with Gasteiger partial charge in [0.05, 0.1) is 22.4 Å². The van der Waals surface area contributed by atoms with Crippen LogP contribution in [0.4, 0.5) is 0 Å². The zero-order chi connectivity index (χ0) is 13.3. The predicted molar refractivity (Wildman–Crippen MR) is 80.8 cm³/mol. The molecule has 1 aromatic heterocycles. The van der Waals surface area contributed by atoms with Crippen molar-refractivity contribution in [3.63, 3.8) is 0 Å². The number of fused-ring (bicyclic) bond motifs is 6. The minimum absolute atomic E-state index is 0.171. The Labute approximate surface area is 121 Å². The summed E-state index contributed by atoms with van der Waals surface area (Å²) in [6.07, 6.45) is 2.48. The van der Waals surface area contributed by atoms with Crippen molar-refractivity contribution in [1.82, 2.24) is 9.97 Å². The number of nitrogens with zero attached hydrogens (tertiary/aromatic N) is 2. The highest BCUT2D eigenvalue weighted by Gasteiger charge is 2.63. The molecule has 0 saturated heterocycles. The van der Waals surface area contributed by atoms with E-state index in [9.17, 15) is 0 Å². The molecule has 3 heteroatoms. The smallest absolute Gasteiger partial charge is 0.0890 e. The van der Waals surface area contributed by atoms with Crippen molar-refractivity contribution < 1.29 is 0 Å². The van der Waals surface area contributed by atoms with Gasteiger partial charge in [-0.1, -0.05) is 41.9 Å². The first-order valence-electron chi connectivity index (χ1n) is 6.93. The summed E-state index contributed by atoms with van der Waals surface area (Å²) in [5.74, 6) is 0.567. The summed E-state index contributed by atoms with van der Waals surface area (Å²) < 4.78 is 0. The van der Waals surface area contributed by atoms with Crippen molar-refractivity contribution in [2.75, 3.05) is 5.33 Å². The van der Waals surface area contributed by atoms with Crippen LogP contribution in [-0.4, -0.2) is 15.3 Å². The van der Waals surface area contributed by atoms with Gasteiger partial charge in [-0.2, -0.15) is 0 Å². The molecule has 0 spiro atoms. The molecule has 2 nitrogen and oxygen atoms in total. The van der Waals surface area contributed by atoms with Gasteiger partial charge in [0, 0.05) is 16.7 Å². The van der Waals surface area contributed by atoms with Crippen molar-refractivity contribution in [2.45, 2.75) is 38.0 Å². The summed E-state index contributed by atoms with van der Waals surface area (Å²) in [6.45, 7) is 4.78. The summed E-state index contributed by atoms with van der Waals surface area (Å²) in [5, 5.41) is 0.990. The molecule has 2 aliphatic carbocycles. The highest BCUT2D eigenvalue weighted by Crippen LogP contribution is 2.67. The van der Waals surface area contributed by atoms with Gasteiger partial charge in [0.15, 0.2) is 0 Å². The van der Waals surface area contributed by atoms with Gasteiger partial charge in [0.2, 0.25) is 0 Å². The molecular weight excluding hydrogens is 300 g/mol. The van der Waals surface area contributed by atoms with E-state index in [0.29, 0.717) is 5.92 Å². The summed E-state index contributed by atoms with van der Waals surface area (Å²) in [5.41, 5.74) is 5.01. The zero-order valence-corrected chi connectivity index (χ0v) is 12.9. The van der Waals surface area contributed by atoms with E-state index in [1.54, 1.807) is 0 Å². The summed E-state index contributed by atoms with van der Waals surface area (Å²) in [7, 11) is 0. The van der Waals surface area contributed by atoms with Crippen LogP contribution in [-0.2, 0) is 5.41 Å². The lowest BCUT2D eigenvalue weighted by atomic mass is 9.70. The molecular formula is C16H17BrN2. The molecule has 1 fully saturated rings. The third-order valence-corrected chi connectivity index (χ3v) is 6.53. The maximum Gasteiger partial charge on any atom is 0.0890 e. The van der Waals surface area contributed by atoms with Crippen LogP contribution in [0.25, 0.3) is 11.0 Å². The molecule has 2 aliphatic rings. The molecule has 98 valence electrons. The molecule has 0 unspecified atom stereocenters. The van der Waals surface area contributed by atoms with E-state index in [2.05, 4.69) is 41.9 Å². The van der Waals surface area contributed by atoms with E-state index < -0.39 is 0 Å². The van der Waals surface area contributed by atoms with Crippen molar-refractivity contribution in [2.24, 2.45) is 5.41 Å². The average molecular weight is 317 g/mol. The van der Waals surface area contributed by atoms with Crippen LogP contribution in [0.2, 0.25) is 0 Å². The van der Waals surface area contributed by atoms with Gasteiger partial charge in [0.1, 0.15) is 0 Å². The number of rotatable bonds is 1. The van der Waals surface area contributed by atoms with E-state index in [1.165, 1.54) is 24.2 Å². The van der Waals surface area contributed by atoms with Crippen molar-refractivity contribution in [3.8, 4) is 0 Å². The van der Waals surface area contributed by atoms with Gasteiger partial charge in [-0.25, -0.2) is 9.97 Å². The van der Waals surface area contributed by atoms with E-state index in [0.717, 1.165) is 16.4 Å². The van der Waals surface area contributed by atoms with Crippen LogP contribution >= 0.6 is 15.9 Å². The standard InChI is InChI=1S/C16H17BrN2/c1-15(2)10-7-8-16(15,9-17)14-13(10)18-11-5-3-4-6-12(11)19-14/h3-6,10H,7-9H2,1-2H3/t10-,16+/m0/s1. The molecule has 0 N–H and O–H groups in total. The Morgan fingerprint density at radius 1 is 1.21 bits per heavy atom. The molecule has 0 radical (unpaired) electrons. The van der Waals surface area contributed by atoms with E-state index in [1.807, 2.05) is 12.1 Å². The third kappa shape index (κ3) is 1.23. The monoisotopic (exact) mass is 316 g/mol. The number of halogens is 1. The Balaban J connectivity index is 2.07. The minimum Gasteiger partial charge on any atom is -0.249 e. The number of aromatic nitrogens is 2. The summed E-state index contributed by atoms with van der Waals surface area (Å²) in [6, 6.07) is 8.23. The SMILES string of the molecule is CC1(C)[C@H]2CC[C@@]1(CBr)c1nc3ccccc3nc12. The molecule has 1 saturated carbocycles. The highest BCUT2D eigenvalue weighted by molar-refractivity contribution is 9.09. The first kappa shape index (κ1) is 11.8. The molecule has 2 aromatic rings. The second-order valence-electron chi connectivity index (χ2n) is 6.47. The Morgan fingerprint density at radius 3 is 2.58 bits per heavy atom. The van der Waals surface area contributed by atoms with E-state index in [-0.39, 0.29) is 10.8 Å². The van der Waals surface area contributed by atoms with Gasteiger partial charge >= 0.3 is 0 Å². The topological polar surface area (TPSA) is 25.8 Å². The molecule has 1 aromatic carbocycles. The molecule has 2 atom stereocenters. The molecule has 2 bridgehead atoms. The quantitative estimate of drug-likeness (QED) is 0.738. The Bertz CT molecular complexity index is 680. The van der Waals surface area contributed by atoms with E-state index >= 15 is 0 Å². The molecule has 0 aliphatic heterocycles. The van der Waals surface area contributed by atoms with Gasteiger partial charge < -0.3 is 0 Å². The molecule has 19 heavy (non-hydrogen) atoms. The number of para-hydroxylation sites is 2. The van der Waals surface area contributed by atoms with Crippen LogP contribution in [0.5, 0.6) is 0 Å². The Kier molecular flexibility index (Phi) is 2.22. The fourth-order valence-corrected chi connectivity index (χ4v) is 5.49. The first-order chi connectivity index (χ1) is 9.10. The van der Waals surface area contributed by atoms with Crippen LogP contribution in [0, 0.1) is 5.41 Å². The third-order valence-electron chi connectivity index (χ3n) is 5.57. The number of alkyl halides is 1. The minimum atomic E-state index is 0.171. The van der Waals surface area contributed by atoms with Crippen LogP contribution in [0.1, 0.15) is 44.0 Å². The second-order valence-corrected chi connectivity index (χ2v) is 7.04. The fourth-order valence-electron chi connectivity index (χ4n) is 4.22. The molecule has 1 heterocycles. The van der Waals surface area contributed by atoms with Gasteiger partial charge in [-0.3, -0.25) is 0 Å². The number of hydrogen-bond donors (Lipinski definition) is 0. The summed E-state index contributed by atoms with van der Waals surface area (Å²) >= 11 is 3.76. The second kappa shape index (κ2) is 3.57. The average Bonchev–Trinajstić information content (AvgIpc) is 2.78. The van der Waals surface area contributed by atoms with E-state index in [4.69, 9.17) is 9.97 Å². The highest BCUT2D eigenvalue weighted by atomic mass is 79.9. The van der Waals surface area contributed by atoms with Gasteiger partial charge in [-0.05, 0) is 30.4 Å². The fraction of sp³-hybridized carbons (Fsp3) is 0.500. The first-order valence-corrected chi connectivity index (χ1v) is 8.05. The maximum atomic E-state index is 4.98. The van der Waals surface area contributed by atoms with Gasteiger partial charge in [0.25, 0.3) is 0 Å². The molecule has 4 rings (SSSR count). The predicted octanol–water partition coefficient (Wildman–Crippen LogP) is 4.18. The Morgan fingerprint density at radius 2 is 1.89 bits per heavy atom. The lowest BCUT2D eigenvalue weighted by Gasteiger charge is -2.36. The van der Waals surface area contributed by atoms with Crippen molar-refractivity contribution >= 4 is 27.0 Å². The van der Waals surface area contributed by atoms with Gasteiger partial charge in [-0.15, -0.1) is 0 Å². The largest absolute Gasteiger partial charge is 0.249 e. The maximum absolute atomic E-state index is 4.98. The van der Waals surface area contributed by atoms with Crippen LogP contribution in [0.3, 0.4) is 0 Å². The van der Waals surface area contributed by atoms with Crippen LogP contribution < -0.4 is 0 Å². The van der Waals surface area contributed by atoms with Crippen molar-refractivity contribution in [1.29, 1.82) is 0 Å². The van der Waals surface area contributed by atoms with Crippen LogP contribution in [0.15, 0.2) is 24.3 Å². The van der Waals surface area contributed by atoms with Crippen molar-refractivity contribution in [3.05, 3.63) is 35.7 Å². The molecule has 0 amide bonds. The number of hydrogen-bond acceptors (Lipinski definition) is 2.